The molecule has 1 rings (SSSR count). The number of hydrogen-bond donors (Lipinski definition) is 1. The molecule has 3 nitrogen and oxygen atoms in total. The Morgan fingerprint density at radius 3 is 3.00 bits per heavy atom. The molecule has 0 saturated carbocycles. The van der Waals surface area contributed by atoms with Crippen molar-refractivity contribution in [2.45, 2.75) is 25.8 Å². The molecule has 1 heterocycles. The summed E-state index contributed by atoms with van der Waals surface area (Å²) in [6.07, 6.45) is 2.42. The highest BCUT2D eigenvalue weighted by atomic mass is 16.5. The molecule has 1 N–H and O–H groups in total. The second-order valence-corrected chi connectivity index (χ2v) is 3.74. The summed E-state index contributed by atoms with van der Waals surface area (Å²) in [4.78, 5) is 2.53. The molecular weight excluding hydrogens is 164 g/mol. The van der Waals surface area contributed by atoms with Gasteiger partial charge in [0.15, 0.2) is 0 Å². The van der Waals surface area contributed by atoms with E-state index >= 15 is 0 Å². The molecular formula is C10H22N2O. The fourth-order valence-corrected chi connectivity index (χ4v) is 1.74. The van der Waals surface area contributed by atoms with E-state index in [0.29, 0.717) is 6.04 Å². The number of rotatable bonds is 4. The summed E-state index contributed by atoms with van der Waals surface area (Å²) in [6, 6.07) is 0.689. The molecule has 13 heavy (non-hydrogen) atoms. The average Bonchev–Trinajstić information content (AvgIpc) is 2.42. The van der Waals surface area contributed by atoms with Crippen molar-refractivity contribution in [3.8, 4) is 0 Å². The van der Waals surface area contributed by atoms with Crippen molar-refractivity contribution in [2.24, 2.45) is 0 Å². The van der Waals surface area contributed by atoms with E-state index < -0.39 is 0 Å². The van der Waals surface area contributed by atoms with Crippen LogP contribution in [-0.4, -0.2) is 50.8 Å². The maximum Gasteiger partial charge on any atom is 0.0593 e. The Bertz CT molecular complexity index is 122. The highest BCUT2D eigenvalue weighted by Crippen LogP contribution is 2.06. The van der Waals surface area contributed by atoms with Gasteiger partial charge in [-0.05, 0) is 33.4 Å². The first-order chi connectivity index (χ1) is 6.34. The lowest BCUT2D eigenvalue weighted by Gasteiger charge is -2.26. The lowest BCUT2D eigenvalue weighted by molar-refractivity contribution is 0.132. The molecule has 1 saturated heterocycles. The SMILES string of the molecule is CNCCC(C)N1CCCOCC1. The van der Waals surface area contributed by atoms with Crippen molar-refractivity contribution in [1.29, 1.82) is 0 Å². The highest BCUT2D eigenvalue weighted by Gasteiger charge is 2.14. The lowest BCUT2D eigenvalue weighted by Crippen LogP contribution is -2.36. The predicted molar refractivity (Wildman–Crippen MR) is 55.0 cm³/mol. The maximum absolute atomic E-state index is 5.42. The molecule has 1 atom stereocenters. The van der Waals surface area contributed by atoms with Crippen molar-refractivity contribution in [3.63, 3.8) is 0 Å². The van der Waals surface area contributed by atoms with E-state index in [0.717, 1.165) is 26.3 Å². The van der Waals surface area contributed by atoms with Crippen molar-refractivity contribution in [1.82, 2.24) is 10.2 Å². The van der Waals surface area contributed by atoms with Crippen molar-refractivity contribution < 1.29 is 4.74 Å². The van der Waals surface area contributed by atoms with E-state index in [4.69, 9.17) is 4.74 Å². The van der Waals surface area contributed by atoms with Crippen LogP contribution in [0.2, 0.25) is 0 Å². The predicted octanol–water partition coefficient (Wildman–Crippen LogP) is 0.707. The average molecular weight is 186 g/mol. The summed E-state index contributed by atoms with van der Waals surface area (Å²) in [6.45, 7) is 7.57. The summed E-state index contributed by atoms with van der Waals surface area (Å²) in [5, 5.41) is 3.20. The molecule has 0 aromatic heterocycles. The van der Waals surface area contributed by atoms with Crippen LogP contribution in [0.1, 0.15) is 19.8 Å². The molecule has 0 aromatic rings. The van der Waals surface area contributed by atoms with Gasteiger partial charge in [0.25, 0.3) is 0 Å². The largest absolute Gasteiger partial charge is 0.380 e. The normalized spacial score (nSPS) is 22.6. The minimum Gasteiger partial charge on any atom is -0.380 e. The van der Waals surface area contributed by atoms with Crippen LogP contribution in [0.4, 0.5) is 0 Å². The van der Waals surface area contributed by atoms with Gasteiger partial charge in [-0.15, -0.1) is 0 Å². The van der Waals surface area contributed by atoms with E-state index in [1.54, 1.807) is 0 Å². The van der Waals surface area contributed by atoms with Gasteiger partial charge in [-0.1, -0.05) is 0 Å². The second kappa shape index (κ2) is 6.35. The van der Waals surface area contributed by atoms with Gasteiger partial charge in [0.1, 0.15) is 0 Å². The summed E-state index contributed by atoms with van der Waals surface area (Å²) in [7, 11) is 2.01. The van der Waals surface area contributed by atoms with Crippen LogP contribution in [0.25, 0.3) is 0 Å². The summed E-state index contributed by atoms with van der Waals surface area (Å²) < 4.78 is 5.42. The molecule has 1 aliphatic heterocycles. The van der Waals surface area contributed by atoms with Crippen LogP contribution >= 0.6 is 0 Å². The van der Waals surface area contributed by atoms with Gasteiger partial charge in [-0.25, -0.2) is 0 Å². The van der Waals surface area contributed by atoms with Gasteiger partial charge in [0.2, 0.25) is 0 Å². The summed E-state index contributed by atoms with van der Waals surface area (Å²) in [5.41, 5.74) is 0. The quantitative estimate of drug-likeness (QED) is 0.699. The van der Waals surface area contributed by atoms with Crippen LogP contribution in [0.3, 0.4) is 0 Å². The Hall–Kier alpha value is -0.120. The number of hydrogen-bond acceptors (Lipinski definition) is 3. The van der Waals surface area contributed by atoms with Crippen molar-refractivity contribution >= 4 is 0 Å². The van der Waals surface area contributed by atoms with Crippen molar-refractivity contribution in [2.75, 3.05) is 39.9 Å². The first-order valence-electron chi connectivity index (χ1n) is 5.31. The Balaban J connectivity index is 2.22. The minimum absolute atomic E-state index is 0.689. The van der Waals surface area contributed by atoms with Gasteiger partial charge in [-0.3, -0.25) is 4.90 Å². The molecule has 1 unspecified atom stereocenters. The van der Waals surface area contributed by atoms with E-state index in [2.05, 4.69) is 17.1 Å². The smallest absolute Gasteiger partial charge is 0.0593 e. The minimum atomic E-state index is 0.689. The zero-order chi connectivity index (χ0) is 9.52. The van der Waals surface area contributed by atoms with E-state index in [1.807, 2.05) is 7.05 Å². The lowest BCUT2D eigenvalue weighted by atomic mass is 10.2. The van der Waals surface area contributed by atoms with E-state index in [9.17, 15) is 0 Å². The van der Waals surface area contributed by atoms with E-state index in [1.165, 1.54) is 19.4 Å². The molecule has 0 spiro atoms. The third kappa shape index (κ3) is 4.07. The fraction of sp³-hybridized carbons (Fsp3) is 1.00. The molecule has 0 aromatic carbocycles. The molecule has 3 heteroatoms. The first-order valence-corrected chi connectivity index (χ1v) is 5.31. The van der Waals surface area contributed by atoms with E-state index in [-0.39, 0.29) is 0 Å². The second-order valence-electron chi connectivity index (χ2n) is 3.74. The van der Waals surface area contributed by atoms with Crippen LogP contribution in [0.5, 0.6) is 0 Å². The Morgan fingerprint density at radius 2 is 2.23 bits per heavy atom. The number of ether oxygens (including phenoxy) is 1. The topological polar surface area (TPSA) is 24.5 Å². The third-order valence-corrected chi connectivity index (χ3v) is 2.69. The third-order valence-electron chi connectivity index (χ3n) is 2.69. The molecule has 0 amide bonds. The van der Waals surface area contributed by atoms with Gasteiger partial charge in [0.05, 0.1) is 6.61 Å². The molecule has 1 fully saturated rings. The maximum atomic E-state index is 5.42. The van der Waals surface area contributed by atoms with Gasteiger partial charge >= 0.3 is 0 Å². The van der Waals surface area contributed by atoms with Crippen LogP contribution in [-0.2, 0) is 4.74 Å². The summed E-state index contributed by atoms with van der Waals surface area (Å²) >= 11 is 0. The molecule has 0 bridgehead atoms. The van der Waals surface area contributed by atoms with Crippen LogP contribution in [0.15, 0.2) is 0 Å². The Morgan fingerprint density at radius 1 is 1.38 bits per heavy atom. The van der Waals surface area contributed by atoms with Crippen LogP contribution < -0.4 is 5.32 Å². The first kappa shape index (κ1) is 11.0. The number of nitrogens with one attached hydrogen (secondary N) is 1. The number of nitrogens with zero attached hydrogens (tertiary/aromatic N) is 1. The molecule has 78 valence electrons. The molecule has 0 aliphatic carbocycles. The zero-order valence-corrected chi connectivity index (χ0v) is 8.88. The highest BCUT2D eigenvalue weighted by molar-refractivity contribution is 4.69. The standard InChI is InChI=1S/C10H22N2O/c1-10(4-5-11-2)12-6-3-8-13-9-7-12/h10-11H,3-9H2,1-2H3. The van der Waals surface area contributed by atoms with Gasteiger partial charge in [0, 0.05) is 25.7 Å². The Kier molecular flexibility index (Phi) is 5.35. The fourth-order valence-electron chi connectivity index (χ4n) is 1.74. The molecule has 0 radical (unpaired) electrons. The molecule has 1 aliphatic rings. The van der Waals surface area contributed by atoms with Crippen molar-refractivity contribution in [3.05, 3.63) is 0 Å². The summed E-state index contributed by atoms with van der Waals surface area (Å²) in [5.74, 6) is 0. The van der Waals surface area contributed by atoms with Gasteiger partial charge < -0.3 is 10.1 Å². The monoisotopic (exact) mass is 186 g/mol. The van der Waals surface area contributed by atoms with Gasteiger partial charge in [-0.2, -0.15) is 0 Å². The Labute approximate surface area is 81.4 Å². The van der Waals surface area contributed by atoms with Crippen LogP contribution in [0, 0.1) is 0 Å². The zero-order valence-electron chi connectivity index (χ0n) is 8.88.